The second-order valence-electron chi connectivity index (χ2n) is 9.04. The molecule has 0 aromatic rings. The van der Waals surface area contributed by atoms with Crippen molar-refractivity contribution < 1.29 is 9.59 Å². The van der Waals surface area contributed by atoms with Crippen molar-refractivity contribution in [3.8, 4) is 0 Å². The van der Waals surface area contributed by atoms with Crippen molar-refractivity contribution in [1.82, 2.24) is 20.0 Å². The number of amides is 2. The predicted molar refractivity (Wildman–Crippen MR) is 114 cm³/mol. The molecule has 3 fully saturated rings. The number of likely N-dealkylation sites (N-methyl/N-ethyl adjacent to an activating group) is 1. The lowest BCUT2D eigenvalue weighted by atomic mass is 9.60. The maximum Gasteiger partial charge on any atom is 0.223 e. The Morgan fingerprint density at radius 3 is 2.11 bits per heavy atom. The Labute approximate surface area is 172 Å². The van der Waals surface area contributed by atoms with E-state index in [2.05, 4.69) is 27.1 Å². The number of hydrogen-bond donors (Lipinski definition) is 1. The molecule has 1 aliphatic carbocycles. The zero-order valence-corrected chi connectivity index (χ0v) is 18.8. The number of rotatable bonds is 5. The topological polar surface area (TPSA) is 55.9 Å². The lowest BCUT2D eigenvalue weighted by Crippen LogP contribution is -2.56. The molecule has 2 aliphatic heterocycles. The lowest BCUT2D eigenvalue weighted by Gasteiger charge is -2.52. The van der Waals surface area contributed by atoms with Crippen LogP contribution in [0.4, 0.5) is 0 Å². The highest BCUT2D eigenvalue weighted by molar-refractivity contribution is 5.78. The molecule has 28 heavy (non-hydrogen) atoms. The molecule has 3 rings (SSSR count). The number of nitrogens with zero attached hydrogens (tertiary/aromatic N) is 3. The first kappa shape index (κ1) is 23.1. The van der Waals surface area contributed by atoms with Crippen molar-refractivity contribution in [2.75, 3.05) is 52.9 Å². The van der Waals surface area contributed by atoms with Gasteiger partial charge in [-0.15, -0.1) is 0 Å². The normalized spacial score (nSPS) is 23.1. The van der Waals surface area contributed by atoms with Gasteiger partial charge in [0.15, 0.2) is 0 Å². The molecule has 1 N–H and O–H groups in total. The van der Waals surface area contributed by atoms with Gasteiger partial charge in [-0.3, -0.25) is 9.59 Å². The van der Waals surface area contributed by atoms with Gasteiger partial charge in [0.1, 0.15) is 0 Å². The van der Waals surface area contributed by atoms with Gasteiger partial charge in [-0.05, 0) is 38.1 Å². The monoisotopic (exact) mass is 394 g/mol. The van der Waals surface area contributed by atoms with E-state index < -0.39 is 0 Å². The van der Waals surface area contributed by atoms with Crippen LogP contribution in [0.1, 0.15) is 59.8 Å². The van der Waals surface area contributed by atoms with E-state index in [1.54, 1.807) is 0 Å². The van der Waals surface area contributed by atoms with Gasteiger partial charge in [0, 0.05) is 64.2 Å². The molecular formula is C22H42N4O2. The van der Waals surface area contributed by atoms with Crippen LogP contribution >= 0.6 is 0 Å². The molecule has 6 heteroatoms. The van der Waals surface area contributed by atoms with Crippen LogP contribution in [0.15, 0.2) is 0 Å². The van der Waals surface area contributed by atoms with Gasteiger partial charge in [0.25, 0.3) is 0 Å². The summed E-state index contributed by atoms with van der Waals surface area (Å²) in [5, 5.41) is 3.15. The molecule has 0 radical (unpaired) electrons. The fraction of sp³-hybridized carbons (Fsp3) is 0.909. The van der Waals surface area contributed by atoms with Crippen molar-refractivity contribution >= 4 is 11.8 Å². The first-order valence-corrected chi connectivity index (χ1v) is 11.4. The van der Waals surface area contributed by atoms with Gasteiger partial charge in [-0.25, -0.2) is 0 Å². The van der Waals surface area contributed by atoms with E-state index >= 15 is 0 Å². The van der Waals surface area contributed by atoms with E-state index in [1.807, 2.05) is 27.7 Å². The van der Waals surface area contributed by atoms with E-state index in [9.17, 15) is 9.59 Å². The second kappa shape index (κ2) is 10.6. The lowest BCUT2D eigenvalue weighted by molar-refractivity contribution is -0.135. The molecule has 2 amide bonds. The van der Waals surface area contributed by atoms with Crippen molar-refractivity contribution in [3.63, 3.8) is 0 Å². The standard InChI is InChI=1S/C20H36N4O2.C2H6/c1-16(2)19(26)21-17-14-20(15-17)5-8-24(9-6-20)18(25)4-7-23-12-10-22(3)11-13-23;1-2/h16-17H,4-15H2,1-3H3,(H,21,26);1-2H3. The van der Waals surface area contributed by atoms with Gasteiger partial charge in [-0.2, -0.15) is 0 Å². The third-order valence-electron chi connectivity index (χ3n) is 6.64. The minimum Gasteiger partial charge on any atom is -0.353 e. The minimum atomic E-state index is 0.0614. The Balaban J connectivity index is 0.00000136. The molecule has 162 valence electrons. The van der Waals surface area contributed by atoms with Crippen LogP contribution < -0.4 is 5.32 Å². The van der Waals surface area contributed by atoms with Crippen LogP contribution in [0.5, 0.6) is 0 Å². The van der Waals surface area contributed by atoms with Crippen LogP contribution in [0, 0.1) is 11.3 Å². The number of carbonyl (C=O) groups is 2. The molecule has 2 heterocycles. The number of nitrogens with one attached hydrogen (secondary N) is 1. The number of carbonyl (C=O) groups excluding carboxylic acids is 2. The number of hydrogen-bond acceptors (Lipinski definition) is 4. The fourth-order valence-corrected chi connectivity index (χ4v) is 4.58. The van der Waals surface area contributed by atoms with E-state index in [-0.39, 0.29) is 11.8 Å². The summed E-state index contributed by atoms with van der Waals surface area (Å²) in [5.41, 5.74) is 0.378. The van der Waals surface area contributed by atoms with Crippen LogP contribution in [0.3, 0.4) is 0 Å². The molecule has 3 aliphatic rings. The van der Waals surface area contributed by atoms with Gasteiger partial charge in [-0.1, -0.05) is 27.7 Å². The SMILES string of the molecule is CC.CC(C)C(=O)NC1CC2(CCN(C(=O)CCN3CCN(C)CC3)CC2)C1. The quantitative estimate of drug-likeness (QED) is 0.777. The summed E-state index contributed by atoms with van der Waals surface area (Å²) < 4.78 is 0. The number of piperazine rings is 1. The van der Waals surface area contributed by atoms with Crippen LogP contribution in [-0.4, -0.2) is 85.4 Å². The molecule has 0 atom stereocenters. The number of likely N-dealkylation sites (tertiary alicyclic amines) is 1. The summed E-state index contributed by atoms with van der Waals surface area (Å²) in [6.07, 6.45) is 5.04. The van der Waals surface area contributed by atoms with Crippen molar-refractivity contribution in [2.24, 2.45) is 11.3 Å². The summed E-state index contributed by atoms with van der Waals surface area (Å²) in [4.78, 5) is 31.2. The molecule has 1 spiro atoms. The first-order valence-electron chi connectivity index (χ1n) is 11.4. The van der Waals surface area contributed by atoms with Crippen molar-refractivity contribution in [2.45, 2.75) is 65.8 Å². The molecule has 6 nitrogen and oxygen atoms in total. The Kier molecular flexibility index (Phi) is 8.75. The van der Waals surface area contributed by atoms with Crippen molar-refractivity contribution in [3.05, 3.63) is 0 Å². The maximum absolute atomic E-state index is 12.5. The zero-order chi connectivity index (χ0) is 20.7. The van der Waals surface area contributed by atoms with Gasteiger partial charge >= 0.3 is 0 Å². The van der Waals surface area contributed by atoms with Gasteiger partial charge in [0.05, 0.1) is 0 Å². The molecule has 2 saturated heterocycles. The van der Waals surface area contributed by atoms with Crippen LogP contribution in [0.2, 0.25) is 0 Å². The highest BCUT2D eigenvalue weighted by Crippen LogP contribution is 2.49. The van der Waals surface area contributed by atoms with Gasteiger partial charge in [0.2, 0.25) is 11.8 Å². The average molecular weight is 395 g/mol. The fourth-order valence-electron chi connectivity index (χ4n) is 4.58. The summed E-state index contributed by atoms with van der Waals surface area (Å²) >= 11 is 0. The largest absolute Gasteiger partial charge is 0.353 e. The highest BCUT2D eigenvalue weighted by atomic mass is 16.2. The molecule has 0 aromatic heterocycles. The second-order valence-corrected chi connectivity index (χ2v) is 9.04. The maximum atomic E-state index is 12.5. The average Bonchev–Trinajstić information content (AvgIpc) is 2.68. The summed E-state index contributed by atoms with van der Waals surface area (Å²) in [5.74, 6) is 0.551. The summed E-state index contributed by atoms with van der Waals surface area (Å²) in [6.45, 7) is 14.9. The summed E-state index contributed by atoms with van der Waals surface area (Å²) in [6, 6.07) is 0.351. The molecule has 0 aromatic carbocycles. The molecule has 0 unspecified atom stereocenters. The van der Waals surface area contributed by atoms with Crippen LogP contribution in [-0.2, 0) is 9.59 Å². The number of piperidine rings is 1. The van der Waals surface area contributed by atoms with Crippen LogP contribution in [0.25, 0.3) is 0 Å². The molecule has 0 bridgehead atoms. The Bertz CT molecular complexity index is 499. The predicted octanol–water partition coefficient (Wildman–Crippen LogP) is 2.19. The summed E-state index contributed by atoms with van der Waals surface area (Å²) in [7, 11) is 2.16. The van der Waals surface area contributed by atoms with E-state index in [4.69, 9.17) is 0 Å². The highest BCUT2D eigenvalue weighted by Gasteiger charge is 2.46. The van der Waals surface area contributed by atoms with E-state index in [1.165, 1.54) is 0 Å². The molecular weight excluding hydrogens is 352 g/mol. The smallest absolute Gasteiger partial charge is 0.223 e. The third-order valence-corrected chi connectivity index (χ3v) is 6.64. The Morgan fingerprint density at radius 1 is 1.00 bits per heavy atom. The Hall–Kier alpha value is -1.14. The first-order chi connectivity index (χ1) is 13.4. The molecule has 1 saturated carbocycles. The zero-order valence-electron chi connectivity index (χ0n) is 18.8. The minimum absolute atomic E-state index is 0.0614. The van der Waals surface area contributed by atoms with E-state index in [0.717, 1.165) is 71.5 Å². The van der Waals surface area contributed by atoms with E-state index in [0.29, 0.717) is 23.8 Å². The van der Waals surface area contributed by atoms with Gasteiger partial charge < -0.3 is 20.0 Å². The third kappa shape index (κ3) is 6.18. The Morgan fingerprint density at radius 2 is 1.57 bits per heavy atom. The van der Waals surface area contributed by atoms with Crippen molar-refractivity contribution in [1.29, 1.82) is 0 Å².